The number of anilines is 1. The number of carbonyl (C=O) groups excluding carboxylic acids is 1. The van der Waals surface area contributed by atoms with Gasteiger partial charge in [-0.2, -0.15) is 0 Å². The van der Waals surface area contributed by atoms with Gasteiger partial charge in [0, 0.05) is 6.07 Å². The molecule has 5 nitrogen and oxygen atoms in total. The predicted molar refractivity (Wildman–Crippen MR) is 103 cm³/mol. The van der Waals surface area contributed by atoms with E-state index in [1.807, 2.05) is 49.4 Å². The van der Waals surface area contributed by atoms with Crippen LogP contribution in [0.3, 0.4) is 0 Å². The first-order chi connectivity index (χ1) is 12.6. The third kappa shape index (κ3) is 3.23. The third-order valence-corrected chi connectivity index (χ3v) is 5.07. The van der Waals surface area contributed by atoms with Crippen molar-refractivity contribution in [3.8, 4) is 0 Å². The zero-order valence-electron chi connectivity index (χ0n) is 14.5. The number of amides is 1. The molecular formula is C20H17N3O2S. The highest BCUT2D eigenvalue weighted by Gasteiger charge is 2.24. The summed E-state index contributed by atoms with van der Waals surface area (Å²) < 4.78 is 6.25. The van der Waals surface area contributed by atoms with Gasteiger partial charge in [-0.3, -0.25) is 9.69 Å². The molecule has 0 spiro atoms. The highest BCUT2D eigenvalue weighted by molar-refractivity contribution is 7.22. The van der Waals surface area contributed by atoms with E-state index < -0.39 is 0 Å². The Morgan fingerprint density at radius 2 is 1.92 bits per heavy atom. The van der Waals surface area contributed by atoms with Crippen LogP contribution in [0.5, 0.6) is 0 Å². The SMILES string of the molecule is Cc1ccc2nc(N(Cc3ccccc3)C(=O)c3cc(C)no3)sc2c1. The fourth-order valence-electron chi connectivity index (χ4n) is 2.72. The molecule has 0 saturated heterocycles. The van der Waals surface area contributed by atoms with Crippen LogP contribution in [0.2, 0.25) is 0 Å². The van der Waals surface area contributed by atoms with Gasteiger partial charge < -0.3 is 4.52 Å². The van der Waals surface area contributed by atoms with Crippen LogP contribution in [0.1, 0.15) is 27.4 Å². The third-order valence-electron chi connectivity index (χ3n) is 4.03. The van der Waals surface area contributed by atoms with Gasteiger partial charge in [0.1, 0.15) is 0 Å². The van der Waals surface area contributed by atoms with Crippen molar-refractivity contribution in [3.63, 3.8) is 0 Å². The lowest BCUT2D eigenvalue weighted by Gasteiger charge is -2.18. The molecule has 4 aromatic rings. The molecule has 6 heteroatoms. The van der Waals surface area contributed by atoms with Crippen molar-refractivity contribution in [1.82, 2.24) is 10.1 Å². The lowest BCUT2D eigenvalue weighted by atomic mass is 10.2. The van der Waals surface area contributed by atoms with Crippen molar-refractivity contribution >= 4 is 32.6 Å². The molecule has 0 aliphatic carbocycles. The summed E-state index contributed by atoms with van der Waals surface area (Å²) in [6.45, 7) is 4.25. The number of fused-ring (bicyclic) bond motifs is 1. The fraction of sp³-hybridized carbons (Fsp3) is 0.150. The summed E-state index contributed by atoms with van der Waals surface area (Å²) in [5.74, 6) is -0.0286. The summed E-state index contributed by atoms with van der Waals surface area (Å²) in [4.78, 5) is 19.4. The van der Waals surface area contributed by atoms with E-state index in [9.17, 15) is 4.79 Å². The second-order valence-corrected chi connectivity index (χ2v) is 7.19. The largest absolute Gasteiger partial charge is 0.351 e. The Labute approximate surface area is 154 Å². The number of aromatic nitrogens is 2. The van der Waals surface area contributed by atoms with E-state index in [1.165, 1.54) is 16.9 Å². The molecule has 0 fully saturated rings. The van der Waals surface area contributed by atoms with Gasteiger partial charge in [-0.1, -0.05) is 52.9 Å². The van der Waals surface area contributed by atoms with Crippen LogP contribution in [0.4, 0.5) is 5.13 Å². The lowest BCUT2D eigenvalue weighted by Crippen LogP contribution is -2.30. The number of carbonyl (C=O) groups is 1. The first-order valence-corrected chi connectivity index (χ1v) is 9.08. The van der Waals surface area contributed by atoms with Crippen LogP contribution in [0, 0.1) is 13.8 Å². The number of nitrogens with zero attached hydrogens (tertiary/aromatic N) is 3. The van der Waals surface area contributed by atoms with Gasteiger partial charge in [0.15, 0.2) is 5.13 Å². The van der Waals surface area contributed by atoms with Crippen molar-refractivity contribution < 1.29 is 9.32 Å². The molecule has 0 saturated carbocycles. The van der Waals surface area contributed by atoms with E-state index in [1.54, 1.807) is 17.9 Å². The zero-order chi connectivity index (χ0) is 18.1. The number of hydrogen-bond acceptors (Lipinski definition) is 5. The maximum absolute atomic E-state index is 13.1. The molecule has 2 aromatic carbocycles. The number of rotatable bonds is 4. The fourth-order valence-corrected chi connectivity index (χ4v) is 3.79. The molecule has 0 unspecified atom stereocenters. The number of aryl methyl sites for hydroxylation is 2. The summed E-state index contributed by atoms with van der Waals surface area (Å²) in [6, 6.07) is 17.6. The van der Waals surface area contributed by atoms with Crippen molar-refractivity contribution in [3.05, 3.63) is 77.2 Å². The molecule has 2 heterocycles. The summed E-state index contributed by atoms with van der Waals surface area (Å²) in [5, 5.41) is 4.48. The highest BCUT2D eigenvalue weighted by Crippen LogP contribution is 2.31. The van der Waals surface area contributed by atoms with Crippen LogP contribution >= 0.6 is 11.3 Å². The highest BCUT2D eigenvalue weighted by atomic mass is 32.1. The van der Waals surface area contributed by atoms with E-state index in [-0.39, 0.29) is 11.7 Å². The molecule has 0 aliphatic heterocycles. The first-order valence-electron chi connectivity index (χ1n) is 8.26. The molecule has 0 aliphatic rings. The van der Waals surface area contributed by atoms with Crippen molar-refractivity contribution in [2.75, 3.05) is 4.90 Å². The standard InChI is InChI=1S/C20H17N3O2S/c1-13-8-9-16-18(10-13)26-20(21-16)23(12-15-6-4-3-5-7-15)19(24)17-11-14(2)22-25-17/h3-11H,12H2,1-2H3. The molecule has 0 radical (unpaired) electrons. The van der Waals surface area contributed by atoms with Gasteiger partial charge in [0.25, 0.3) is 5.91 Å². The quantitative estimate of drug-likeness (QED) is 0.525. The van der Waals surface area contributed by atoms with Gasteiger partial charge in [-0.15, -0.1) is 0 Å². The molecule has 1 amide bonds. The van der Waals surface area contributed by atoms with Crippen LogP contribution in [0.15, 0.2) is 59.1 Å². The van der Waals surface area contributed by atoms with Crippen molar-refractivity contribution in [2.45, 2.75) is 20.4 Å². The second kappa shape index (κ2) is 6.72. The molecule has 130 valence electrons. The Morgan fingerprint density at radius 3 is 2.65 bits per heavy atom. The molecular weight excluding hydrogens is 346 g/mol. The minimum absolute atomic E-state index is 0.217. The maximum atomic E-state index is 13.1. The van der Waals surface area contributed by atoms with E-state index >= 15 is 0 Å². The Hall–Kier alpha value is -2.99. The lowest BCUT2D eigenvalue weighted by molar-refractivity contribution is 0.0949. The second-order valence-electron chi connectivity index (χ2n) is 6.18. The normalized spacial score (nSPS) is 11.0. The Balaban J connectivity index is 1.76. The molecule has 26 heavy (non-hydrogen) atoms. The smallest absolute Gasteiger partial charge is 0.298 e. The average molecular weight is 363 g/mol. The molecule has 4 rings (SSSR count). The first kappa shape index (κ1) is 16.5. The van der Waals surface area contributed by atoms with Gasteiger partial charge >= 0.3 is 0 Å². The molecule has 2 aromatic heterocycles. The number of thiazole rings is 1. The topological polar surface area (TPSA) is 59.2 Å². The van der Waals surface area contributed by atoms with Gasteiger partial charge in [-0.05, 0) is 37.1 Å². The average Bonchev–Trinajstić information content (AvgIpc) is 3.25. The molecule has 0 bridgehead atoms. The van der Waals surface area contributed by atoms with Crippen LogP contribution in [-0.4, -0.2) is 16.0 Å². The molecule has 0 atom stereocenters. The maximum Gasteiger partial charge on any atom is 0.298 e. The summed E-state index contributed by atoms with van der Waals surface area (Å²) in [7, 11) is 0. The number of hydrogen-bond donors (Lipinski definition) is 0. The summed E-state index contributed by atoms with van der Waals surface area (Å²) in [6.07, 6.45) is 0. The summed E-state index contributed by atoms with van der Waals surface area (Å²) in [5.41, 5.74) is 3.75. The van der Waals surface area contributed by atoms with Gasteiger partial charge in [0.05, 0.1) is 22.5 Å². The zero-order valence-corrected chi connectivity index (χ0v) is 15.3. The minimum Gasteiger partial charge on any atom is -0.351 e. The monoisotopic (exact) mass is 363 g/mol. The van der Waals surface area contributed by atoms with Crippen LogP contribution in [0.25, 0.3) is 10.2 Å². The van der Waals surface area contributed by atoms with E-state index in [2.05, 4.69) is 16.2 Å². The van der Waals surface area contributed by atoms with Gasteiger partial charge in [-0.25, -0.2) is 4.98 Å². The summed E-state index contributed by atoms with van der Waals surface area (Å²) >= 11 is 1.50. The van der Waals surface area contributed by atoms with E-state index in [0.717, 1.165) is 15.8 Å². The Morgan fingerprint density at radius 1 is 1.12 bits per heavy atom. The van der Waals surface area contributed by atoms with Gasteiger partial charge in [0.2, 0.25) is 5.76 Å². The van der Waals surface area contributed by atoms with E-state index in [4.69, 9.17) is 4.52 Å². The molecule has 0 N–H and O–H groups in total. The van der Waals surface area contributed by atoms with Crippen LogP contribution in [-0.2, 0) is 6.54 Å². The van der Waals surface area contributed by atoms with E-state index in [0.29, 0.717) is 17.4 Å². The van der Waals surface area contributed by atoms with Crippen molar-refractivity contribution in [2.24, 2.45) is 0 Å². The van der Waals surface area contributed by atoms with Crippen LogP contribution < -0.4 is 4.90 Å². The Kier molecular flexibility index (Phi) is 4.26. The Bertz CT molecular complexity index is 1070. The predicted octanol–water partition coefficient (Wildman–Crippen LogP) is 4.75. The number of benzene rings is 2. The minimum atomic E-state index is -0.245. The van der Waals surface area contributed by atoms with Crippen molar-refractivity contribution in [1.29, 1.82) is 0 Å².